The van der Waals surface area contributed by atoms with Gasteiger partial charge in [0, 0.05) is 6.54 Å². The second kappa shape index (κ2) is 9.96. The molecule has 0 aliphatic rings. The quantitative estimate of drug-likeness (QED) is 0.285. The Labute approximate surface area is 84.6 Å². The van der Waals surface area contributed by atoms with Crippen molar-refractivity contribution < 1.29 is 0 Å². The van der Waals surface area contributed by atoms with Gasteiger partial charge in [-0.05, 0) is 19.4 Å². The summed E-state index contributed by atoms with van der Waals surface area (Å²) in [5, 5.41) is 0. The van der Waals surface area contributed by atoms with Crippen LogP contribution in [0.15, 0.2) is 4.99 Å². The highest BCUT2D eigenvalue weighted by Crippen LogP contribution is 1.92. The molecule has 0 aromatic rings. The lowest BCUT2D eigenvalue weighted by Crippen LogP contribution is -2.22. The molecule has 0 aliphatic heterocycles. The predicted molar refractivity (Wildman–Crippen MR) is 59.0 cm³/mol. The van der Waals surface area contributed by atoms with E-state index in [1.807, 2.05) is 0 Å². The van der Waals surface area contributed by atoms with Gasteiger partial charge < -0.3 is 17.2 Å². The van der Waals surface area contributed by atoms with Gasteiger partial charge in [0.05, 0.1) is 0 Å². The first-order chi connectivity index (χ1) is 4.77. The fourth-order valence-electron chi connectivity index (χ4n) is 0.641. The van der Waals surface area contributed by atoms with Gasteiger partial charge in [0.15, 0.2) is 5.96 Å². The maximum absolute atomic E-state index is 5.29. The molecule has 0 bridgehead atoms. The van der Waals surface area contributed by atoms with Crippen molar-refractivity contribution in [3.05, 3.63) is 0 Å². The first-order valence-electron chi connectivity index (χ1n) is 3.53. The van der Waals surface area contributed by atoms with Crippen molar-refractivity contribution in [3.63, 3.8) is 0 Å². The first-order valence-corrected chi connectivity index (χ1v) is 3.53. The van der Waals surface area contributed by atoms with E-state index in [0.717, 1.165) is 32.4 Å². The van der Waals surface area contributed by atoms with Crippen molar-refractivity contribution in [2.24, 2.45) is 22.2 Å². The standard InChI is InChI=1S/C6H16N4.HI/c7-4-2-1-3-5-10-6(8)9;/h1-5,7H2,(H4,8,9,10);1H. The Bertz CT molecular complexity index is 101. The number of guanidine groups is 1. The number of hydrogen-bond acceptors (Lipinski definition) is 2. The summed E-state index contributed by atoms with van der Waals surface area (Å²) in [6.45, 7) is 1.48. The van der Waals surface area contributed by atoms with Gasteiger partial charge in [-0.2, -0.15) is 0 Å². The van der Waals surface area contributed by atoms with Crippen molar-refractivity contribution in [2.75, 3.05) is 13.1 Å². The smallest absolute Gasteiger partial charge is 0.185 e. The molecule has 0 amide bonds. The van der Waals surface area contributed by atoms with Crippen LogP contribution in [0, 0.1) is 0 Å². The van der Waals surface area contributed by atoms with Crippen LogP contribution < -0.4 is 17.2 Å². The zero-order valence-corrected chi connectivity index (χ0v) is 8.95. The first kappa shape index (κ1) is 13.5. The summed E-state index contributed by atoms with van der Waals surface area (Å²) in [5.41, 5.74) is 15.5. The fraction of sp³-hybridized carbons (Fsp3) is 0.833. The number of unbranched alkanes of at least 4 members (excludes halogenated alkanes) is 2. The van der Waals surface area contributed by atoms with Gasteiger partial charge in [-0.15, -0.1) is 24.0 Å². The van der Waals surface area contributed by atoms with Crippen LogP contribution in [0.1, 0.15) is 19.3 Å². The second-order valence-corrected chi connectivity index (χ2v) is 2.16. The summed E-state index contributed by atoms with van der Waals surface area (Å²) in [4.78, 5) is 3.83. The van der Waals surface area contributed by atoms with E-state index < -0.39 is 0 Å². The van der Waals surface area contributed by atoms with Gasteiger partial charge >= 0.3 is 0 Å². The lowest BCUT2D eigenvalue weighted by Gasteiger charge is -1.94. The van der Waals surface area contributed by atoms with Crippen molar-refractivity contribution in [1.82, 2.24) is 0 Å². The average molecular weight is 272 g/mol. The highest BCUT2D eigenvalue weighted by Gasteiger charge is 1.85. The van der Waals surface area contributed by atoms with Gasteiger partial charge in [0.2, 0.25) is 0 Å². The van der Waals surface area contributed by atoms with Crippen molar-refractivity contribution in [1.29, 1.82) is 0 Å². The molecular formula is C6H17IN4. The number of nitrogens with two attached hydrogens (primary N) is 3. The molecule has 0 aromatic heterocycles. The maximum Gasteiger partial charge on any atom is 0.185 e. The van der Waals surface area contributed by atoms with E-state index in [9.17, 15) is 0 Å². The van der Waals surface area contributed by atoms with Crippen LogP contribution in [0.25, 0.3) is 0 Å². The van der Waals surface area contributed by atoms with Crippen LogP contribution >= 0.6 is 24.0 Å². The molecule has 0 radical (unpaired) electrons. The molecule has 0 rings (SSSR count). The Morgan fingerprint density at radius 2 is 1.73 bits per heavy atom. The highest BCUT2D eigenvalue weighted by atomic mass is 127. The monoisotopic (exact) mass is 272 g/mol. The van der Waals surface area contributed by atoms with E-state index in [-0.39, 0.29) is 29.9 Å². The number of nitrogens with zero attached hydrogens (tertiary/aromatic N) is 1. The normalized spacial score (nSPS) is 8.45. The molecule has 0 heterocycles. The minimum absolute atomic E-state index is 0. The number of hydrogen-bond donors (Lipinski definition) is 3. The Kier molecular flexibility index (Phi) is 12.3. The van der Waals surface area contributed by atoms with Gasteiger partial charge in [-0.3, -0.25) is 4.99 Å². The van der Waals surface area contributed by atoms with E-state index in [1.165, 1.54) is 0 Å². The second-order valence-electron chi connectivity index (χ2n) is 2.16. The molecule has 0 unspecified atom stereocenters. The predicted octanol–water partition coefficient (Wildman–Crippen LogP) is 0.00680. The van der Waals surface area contributed by atoms with Crippen molar-refractivity contribution in [2.45, 2.75) is 19.3 Å². The Morgan fingerprint density at radius 3 is 2.18 bits per heavy atom. The minimum atomic E-state index is 0. The average Bonchev–Trinajstić information content (AvgIpc) is 1.87. The number of rotatable bonds is 5. The molecule has 0 saturated carbocycles. The third-order valence-electron chi connectivity index (χ3n) is 1.16. The molecule has 11 heavy (non-hydrogen) atoms. The summed E-state index contributed by atoms with van der Waals surface area (Å²) >= 11 is 0. The fourth-order valence-corrected chi connectivity index (χ4v) is 0.641. The van der Waals surface area contributed by atoms with Crippen LogP contribution in [0.2, 0.25) is 0 Å². The van der Waals surface area contributed by atoms with Crippen molar-refractivity contribution in [3.8, 4) is 0 Å². The lowest BCUT2D eigenvalue weighted by molar-refractivity contribution is 0.695. The van der Waals surface area contributed by atoms with Crippen LogP contribution in [-0.4, -0.2) is 19.0 Å². The third-order valence-corrected chi connectivity index (χ3v) is 1.16. The molecule has 0 atom stereocenters. The number of halogens is 1. The van der Waals surface area contributed by atoms with Crippen molar-refractivity contribution >= 4 is 29.9 Å². The minimum Gasteiger partial charge on any atom is -0.370 e. The van der Waals surface area contributed by atoms with E-state index >= 15 is 0 Å². The highest BCUT2D eigenvalue weighted by molar-refractivity contribution is 14.0. The van der Waals surface area contributed by atoms with Gasteiger partial charge in [-0.1, -0.05) is 6.42 Å². The summed E-state index contributed by atoms with van der Waals surface area (Å²) in [5.74, 6) is 0.174. The van der Waals surface area contributed by atoms with Gasteiger partial charge in [-0.25, -0.2) is 0 Å². The summed E-state index contributed by atoms with van der Waals surface area (Å²) in [6.07, 6.45) is 3.18. The van der Waals surface area contributed by atoms with E-state index in [0.29, 0.717) is 0 Å². The molecule has 68 valence electrons. The SMILES string of the molecule is I.NCCCCCN=C(N)N. The Balaban J connectivity index is 0. The zero-order chi connectivity index (χ0) is 7.82. The Morgan fingerprint density at radius 1 is 1.09 bits per heavy atom. The maximum atomic E-state index is 5.29. The Hall–Kier alpha value is -0.0400. The summed E-state index contributed by atoms with van der Waals surface area (Å²) < 4.78 is 0. The molecule has 0 saturated heterocycles. The number of aliphatic imine (C=N–C) groups is 1. The van der Waals surface area contributed by atoms with Crippen LogP contribution in [0.5, 0.6) is 0 Å². The van der Waals surface area contributed by atoms with E-state index in [1.54, 1.807) is 0 Å². The van der Waals surface area contributed by atoms with E-state index in [4.69, 9.17) is 17.2 Å². The largest absolute Gasteiger partial charge is 0.370 e. The molecule has 0 spiro atoms. The molecule has 0 aromatic carbocycles. The van der Waals surface area contributed by atoms with Gasteiger partial charge in [0.25, 0.3) is 0 Å². The van der Waals surface area contributed by atoms with Crippen LogP contribution in [0.4, 0.5) is 0 Å². The van der Waals surface area contributed by atoms with Gasteiger partial charge in [0.1, 0.15) is 0 Å². The zero-order valence-electron chi connectivity index (χ0n) is 6.62. The molecule has 6 N–H and O–H groups in total. The molecular weight excluding hydrogens is 255 g/mol. The molecule has 0 fully saturated rings. The molecule has 5 heteroatoms. The lowest BCUT2D eigenvalue weighted by atomic mass is 10.2. The third kappa shape index (κ3) is 13.0. The van der Waals surface area contributed by atoms with Crippen LogP contribution in [0.3, 0.4) is 0 Å². The summed E-state index contributed by atoms with van der Waals surface area (Å²) in [6, 6.07) is 0. The van der Waals surface area contributed by atoms with E-state index in [2.05, 4.69) is 4.99 Å². The molecule has 4 nitrogen and oxygen atoms in total. The van der Waals surface area contributed by atoms with Crippen LogP contribution in [-0.2, 0) is 0 Å². The molecule has 0 aliphatic carbocycles. The topological polar surface area (TPSA) is 90.4 Å². The summed E-state index contributed by atoms with van der Waals surface area (Å²) in [7, 11) is 0.